The van der Waals surface area contributed by atoms with Gasteiger partial charge < -0.3 is 4.74 Å². The lowest BCUT2D eigenvalue weighted by Crippen LogP contribution is -2.08. The Bertz CT molecular complexity index is 416. The molecule has 2 rings (SSSR count). The summed E-state index contributed by atoms with van der Waals surface area (Å²) in [4.78, 5) is 0. The number of ether oxygens (including phenoxy) is 1. The minimum Gasteiger partial charge on any atom is -0.490 e. The summed E-state index contributed by atoms with van der Waals surface area (Å²) in [5.74, 6) is 0.845. The predicted molar refractivity (Wildman–Crippen MR) is 59.7 cm³/mol. The van der Waals surface area contributed by atoms with Crippen molar-refractivity contribution in [2.24, 2.45) is 0 Å². The molecule has 0 aliphatic heterocycles. The fourth-order valence-electron chi connectivity index (χ4n) is 1.16. The second-order valence-corrected chi connectivity index (χ2v) is 3.80. The van der Waals surface area contributed by atoms with E-state index in [9.17, 15) is 0 Å². The zero-order valence-corrected chi connectivity index (χ0v) is 9.59. The summed E-state index contributed by atoms with van der Waals surface area (Å²) < 4.78 is 8.27. The molecule has 4 nitrogen and oxygen atoms in total. The van der Waals surface area contributed by atoms with Gasteiger partial charge >= 0.3 is 0 Å². The molecule has 0 aliphatic carbocycles. The topological polar surface area (TPSA) is 39.9 Å². The van der Waals surface area contributed by atoms with Crippen LogP contribution in [0.5, 0.6) is 5.75 Å². The molecule has 0 bridgehead atoms. The third-order valence-electron chi connectivity index (χ3n) is 1.89. The van der Waals surface area contributed by atoms with Crippen molar-refractivity contribution >= 4 is 15.9 Å². The molecule has 0 amide bonds. The summed E-state index contributed by atoms with van der Waals surface area (Å²) in [5.41, 5.74) is 0. The molecule has 0 spiro atoms. The van der Waals surface area contributed by atoms with E-state index in [0.717, 1.165) is 10.2 Å². The monoisotopic (exact) mass is 267 g/mol. The Morgan fingerprint density at radius 3 is 2.93 bits per heavy atom. The van der Waals surface area contributed by atoms with Gasteiger partial charge in [-0.25, -0.2) is 4.68 Å². The van der Waals surface area contributed by atoms with Crippen molar-refractivity contribution in [1.29, 1.82) is 0 Å². The number of benzene rings is 1. The van der Waals surface area contributed by atoms with E-state index in [1.165, 1.54) is 0 Å². The highest BCUT2D eigenvalue weighted by Crippen LogP contribution is 2.23. The Hall–Kier alpha value is -1.36. The minimum absolute atomic E-state index is 0.575. The summed E-state index contributed by atoms with van der Waals surface area (Å²) in [6.07, 6.45) is 3.46. The van der Waals surface area contributed by atoms with Crippen LogP contribution in [0, 0.1) is 0 Å². The van der Waals surface area contributed by atoms with E-state index in [4.69, 9.17) is 4.74 Å². The SMILES string of the molecule is Brc1ccccc1OCCn1ccnn1. The molecule has 78 valence electrons. The highest BCUT2D eigenvalue weighted by molar-refractivity contribution is 9.10. The van der Waals surface area contributed by atoms with Gasteiger partial charge in [0.2, 0.25) is 0 Å². The molecule has 5 heteroatoms. The standard InChI is InChI=1S/C10H10BrN3O/c11-9-3-1-2-4-10(9)15-8-7-14-6-5-12-13-14/h1-6H,7-8H2. The second kappa shape index (κ2) is 4.93. The van der Waals surface area contributed by atoms with Crippen LogP contribution < -0.4 is 4.74 Å². The highest BCUT2D eigenvalue weighted by Gasteiger charge is 1.98. The number of aromatic nitrogens is 3. The molecule has 0 N–H and O–H groups in total. The summed E-state index contributed by atoms with van der Waals surface area (Å²) in [7, 11) is 0. The summed E-state index contributed by atoms with van der Waals surface area (Å²) in [5, 5.41) is 7.56. The molecule has 1 heterocycles. The van der Waals surface area contributed by atoms with E-state index in [0.29, 0.717) is 13.2 Å². The van der Waals surface area contributed by atoms with Crippen LogP contribution in [0.25, 0.3) is 0 Å². The quantitative estimate of drug-likeness (QED) is 0.852. The summed E-state index contributed by atoms with van der Waals surface area (Å²) >= 11 is 3.42. The van der Waals surface area contributed by atoms with Crippen LogP contribution in [-0.4, -0.2) is 21.6 Å². The normalized spacial score (nSPS) is 10.2. The maximum absolute atomic E-state index is 5.57. The largest absolute Gasteiger partial charge is 0.490 e. The van der Waals surface area contributed by atoms with Gasteiger partial charge in [-0.1, -0.05) is 17.3 Å². The Labute approximate surface area is 96.0 Å². The van der Waals surface area contributed by atoms with Crippen LogP contribution in [-0.2, 0) is 6.54 Å². The molecule has 1 aromatic carbocycles. The zero-order chi connectivity index (χ0) is 10.5. The zero-order valence-electron chi connectivity index (χ0n) is 8.01. The van der Waals surface area contributed by atoms with Gasteiger partial charge in [0.25, 0.3) is 0 Å². The van der Waals surface area contributed by atoms with E-state index in [2.05, 4.69) is 26.2 Å². The molecular weight excluding hydrogens is 258 g/mol. The third-order valence-corrected chi connectivity index (χ3v) is 2.54. The van der Waals surface area contributed by atoms with Gasteiger partial charge in [0.15, 0.2) is 0 Å². The van der Waals surface area contributed by atoms with Crippen LogP contribution in [0.3, 0.4) is 0 Å². The highest BCUT2D eigenvalue weighted by atomic mass is 79.9. The molecule has 0 saturated carbocycles. The van der Waals surface area contributed by atoms with Gasteiger partial charge in [0.1, 0.15) is 12.4 Å². The molecule has 0 aliphatic rings. The fraction of sp³-hybridized carbons (Fsp3) is 0.200. The number of hydrogen-bond acceptors (Lipinski definition) is 3. The number of nitrogens with zero attached hydrogens (tertiary/aromatic N) is 3. The lowest BCUT2D eigenvalue weighted by atomic mass is 10.3. The van der Waals surface area contributed by atoms with Gasteiger partial charge in [-0.05, 0) is 28.1 Å². The van der Waals surface area contributed by atoms with Crippen LogP contribution in [0.1, 0.15) is 0 Å². The number of rotatable bonds is 4. The lowest BCUT2D eigenvalue weighted by Gasteiger charge is -2.07. The van der Waals surface area contributed by atoms with E-state index in [1.54, 1.807) is 10.9 Å². The summed E-state index contributed by atoms with van der Waals surface area (Å²) in [6, 6.07) is 7.76. The number of halogens is 1. The van der Waals surface area contributed by atoms with Gasteiger partial charge in [0.05, 0.1) is 17.2 Å². The maximum Gasteiger partial charge on any atom is 0.133 e. The summed E-state index contributed by atoms with van der Waals surface area (Å²) in [6.45, 7) is 1.27. The average Bonchev–Trinajstić information content (AvgIpc) is 2.74. The first kappa shape index (κ1) is 10.2. The van der Waals surface area contributed by atoms with Crippen molar-refractivity contribution in [3.63, 3.8) is 0 Å². The van der Waals surface area contributed by atoms with Crippen molar-refractivity contribution in [3.05, 3.63) is 41.1 Å². The molecule has 0 unspecified atom stereocenters. The Morgan fingerprint density at radius 2 is 2.20 bits per heavy atom. The van der Waals surface area contributed by atoms with Crippen molar-refractivity contribution in [3.8, 4) is 5.75 Å². The number of para-hydroxylation sites is 1. The maximum atomic E-state index is 5.57. The van der Waals surface area contributed by atoms with Gasteiger partial charge in [-0.15, -0.1) is 5.10 Å². The van der Waals surface area contributed by atoms with Crippen molar-refractivity contribution in [2.75, 3.05) is 6.61 Å². The molecule has 0 fully saturated rings. The molecule has 15 heavy (non-hydrogen) atoms. The molecule has 0 atom stereocenters. The fourth-order valence-corrected chi connectivity index (χ4v) is 1.56. The predicted octanol–water partition coefficient (Wildman–Crippen LogP) is 2.12. The van der Waals surface area contributed by atoms with Crippen LogP contribution >= 0.6 is 15.9 Å². The second-order valence-electron chi connectivity index (χ2n) is 2.95. The number of hydrogen-bond donors (Lipinski definition) is 0. The Morgan fingerprint density at radius 1 is 1.33 bits per heavy atom. The van der Waals surface area contributed by atoms with E-state index < -0.39 is 0 Å². The molecule has 1 aromatic heterocycles. The molecule has 2 aromatic rings. The van der Waals surface area contributed by atoms with E-state index >= 15 is 0 Å². The molecule has 0 radical (unpaired) electrons. The Balaban J connectivity index is 1.86. The van der Waals surface area contributed by atoms with Crippen molar-refractivity contribution in [1.82, 2.24) is 15.0 Å². The molecule has 0 saturated heterocycles. The van der Waals surface area contributed by atoms with Crippen molar-refractivity contribution < 1.29 is 4.74 Å². The third kappa shape index (κ3) is 2.79. The van der Waals surface area contributed by atoms with Gasteiger partial charge in [0, 0.05) is 6.20 Å². The van der Waals surface area contributed by atoms with Crippen LogP contribution in [0.15, 0.2) is 41.1 Å². The first-order valence-corrected chi connectivity index (χ1v) is 5.37. The van der Waals surface area contributed by atoms with Gasteiger partial charge in [-0.2, -0.15) is 0 Å². The minimum atomic E-state index is 0.575. The van der Waals surface area contributed by atoms with Crippen LogP contribution in [0.4, 0.5) is 0 Å². The first-order valence-electron chi connectivity index (χ1n) is 4.58. The average molecular weight is 268 g/mol. The van der Waals surface area contributed by atoms with E-state index in [1.807, 2.05) is 30.5 Å². The van der Waals surface area contributed by atoms with Crippen LogP contribution in [0.2, 0.25) is 0 Å². The Kier molecular flexibility index (Phi) is 3.34. The first-order chi connectivity index (χ1) is 7.36. The lowest BCUT2D eigenvalue weighted by molar-refractivity contribution is 0.288. The smallest absolute Gasteiger partial charge is 0.133 e. The van der Waals surface area contributed by atoms with Gasteiger partial charge in [-0.3, -0.25) is 0 Å². The van der Waals surface area contributed by atoms with Crippen molar-refractivity contribution in [2.45, 2.75) is 6.54 Å². The molecular formula is C10H10BrN3O. The van der Waals surface area contributed by atoms with E-state index in [-0.39, 0.29) is 0 Å².